The zero-order valence-corrected chi connectivity index (χ0v) is 10.7. The van der Waals surface area contributed by atoms with Crippen LogP contribution >= 0.6 is 11.6 Å². The van der Waals surface area contributed by atoms with Crippen molar-refractivity contribution in [1.82, 2.24) is 15.1 Å². The molecule has 19 heavy (non-hydrogen) atoms. The molecule has 1 amide bonds. The van der Waals surface area contributed by atoms with Crippen LogP contribution in [0.4, 0.5) is 10.1 Å². The molecule has 7 heteroatoms. The van der Waals surface area contributed by atoms with Crippen LogP contribution < -0.4 is 11.1 Å². The van der Waals surface area contributed by atoms with Gasteiger partial charge >= 0.3 is 0 Å². The van der Waals surface area contributed by atoms with Gasteiger partial charge < -0.3 is 11.1 Å². The Morgan fingerprint density at radius 1 is 1.53 bits per heavy atom. The summed E-state index contributed by atoms with van der Waals surface area (Å²) in [4.78, 5) is 11.8. The third kappa shape index (κ3) is 3.23. The SMILES string of the molecule is Nc1cnn(CCNC(=O)c2cccc(F)c2Cl)c1. The molecular formula is C12H12ClFN4O. The minimum absolute atomic E-state index is 0.113. The molecule has 0 radical (unpaired) electrons. The zero-order chi connectivity index (χ0) is 13.8. The summed E-state index contributed by atoms with van der Waals surface area (Å²) in [5.41, 5.74) is 6.18. The Morgan fingerprint density at radius 3 is 3.00 bits per heavy atom. The lowest BCUT2D eigenvalue weighted by atomic mass is 10.2. The predicted octanol–water partition coefficient (Wildman–Crippen LogP) is 1.69. The van der Waals surface area contributed by atoms with E-state index in [-0.39, 0.29) is 10.6 Å². The van der Waals surface area contributed by atoms with E-state index in [1.54, 1.807) is 10.9 Å². The molecule has 100 valence electrons. The molecule has 1 aromatic carbocycles. The van der Waals surface area contributed by atoms with Gasteiger partial charge in [-0.2, -0.15) is 5.10 Å². The van der Waals surface area contributed by atoms with Crippen molar-refractivity contribution in [1.29, 1.82) is 0 Å². The topological polar surface area (TPSA) is 72.9 Å². The maximum atomic E-state index is 13.2. The van der Waals surface area contributed by atoms with Crippen molar-refractivity contribution in [3.05, 3.63) is 47.0 Å². The van der Waals surface area contributed by atoms with Gasteiger partial charge in [-0.1, -0.05) is 17.7 Å². The van der Waals surface area contributed by atoms with Crippen LogP contribution in [-0.4, -0.2) is 22.2 Å². The smallest absolute Gasteiger partial charge is 0.252 e. The average Bonchev–Trinajstić information content (AvgIpc) is 2.78. The lowest BCUT2D eigenvalue weighted by molar-refractivity contribution is 0.0951. The van der Waals surface area contributed by atoms with Gasteiger partial charge in [0.2, 0.25) is 0 Å². The minimum Gasteiger partial charge on any atom is -0.396 e. The van der Waals surface area contributed by atoms with Crippen LogP contribution in [0.1, 0.15) is 10.4 Å². The summed E-state index contributed by atoms with van der Waals surface area (Å²) in [6, 6.07) is 4.10. The largest absolute Gasteiger partial charge is 0.396 e. The predicted molar refractivity (Wildman–Crippen MR) is 70.4 cm³/mol. The molecule has 3 N–H and O–H groups in total. The number of carbonyl (C=O) groups excluding carboxylic acids is 1. The van der Waals surface area contributed by atoms with Gasteiger partial charge in [0, 0.05) is 12.7 Å². The molecule has 0 aliphatic heterocycles. The van der Waals surface area contributed by atoms with E-state index in [4.69, 9.17) is 17.3 Å². The van der Waals surface area contributed by atoms with Crippen molar-refractivity contribution in [2.24, 2.45) is 0 Å². The van der Waals surface area contributed by atoms with E-state index in [2.05, 4.69) is 10.4 Å². The Labute approximate surface area is 114 Å². The number of nitrogen functional groups attached to an aromatic ring is 1. The summed E-state index contributed by atoms with van der Waals surface area (Å²) in [6.45, 7) is 0.808. The van der Waals surface area contributed by atoms with Gasteiger partial charge in [-0.3, -0.25) is 9.48 Å². The van der Waals surface area contributed by atoms with Crippen molar-refractivity contribution in [3.8, 4) is 0 Å². The third-order valence-electron chi connectivity index (χ3n) is 2.48. The van der Waals surface area contributed by atoms with E-state index in [1.807, 2.05) is 0 Å². The molecule has 0 fully saturated rings. The first-order chi connectivity index (χ1) is 9.08. The average molecular weight is 283 g/mol. The Morgan fingerprint density at radius 2 is 2.32 bits per heavy atom. The summed E-state index contributed by atoms with van der Waals surface area (Å²) < 4.78 is 14.8. The summed E-state index contributed by atoms with van der Waals surface area (Å²) in [5.74, 6) is -1.04. The number of nitrogens with zero attached hydrogens (tertiary/aromatic N) is 2. The number of amides is 1. The van der Waals surface area contributed by atoms with Crippen LogP contribution in [0.3, 0.4) is 0 Å². The van der Waals surface area contributed by atoms with Crippen molar-refractivity contribution in [3.63, 3.8) is 0 Å². The molecule has 5 nitrogen and oxygen atoms in total. The summed E-state index contributed by atoms with van der Waals surface area (Å²) in [6.07, 6.45) is 3.17. The first-order valence-corrected chi connectivity index (χ1v) is 5.96. The van der Waals surface area contributed by atoms with Crippen LogP contribution in [0.15, 0.2) is 30.6 Å². The van der Waals surface area contributed by atoms with Crippen LogP contribution in [0.2, 0.25) is 5.02 Å². The van der Waals surface area contributed by atoms with Crippen LogP contribution in [0.25, 0.3) is 0 Å². The van der Waals surface area contributed by atoms with E-state index in [9.17, 15) is 9.18 Å². The number of benzene rings is 1. The summed E-state index contributed by atoms with van der Waals surface area (Å²) in [5, 5.41) is 6.43. The van der Waals surface area contributed by atoms with Gasteiger partial charge in [0.15, 0.2) is 0 Å². The molecular weight excluding hydrogens is 271 g/mol. The van der Waals surface area contributed by atoms with Gasteiger partial charge in [-0.05, 0) is 12.1 Å². The minimum atomic E-state index is -0.617. The van der Waals surface area contributed by atoms with E-state index in [0.29, 0.717) is 18.8 Å². The highest BCUT2D eigenvalue weighted by Gasteiger charge is 2.12. The Bertz CT molecular complexity index is 599. The molecule has 0 spiro atoms. The second kappa shape index (κ2) is 5.71. The third-order valence-corrected chi connectivity index (χ3v) is 2.86. The first kappa shape index (κ1) is 13.4. The van der Waals surface area contributed by atoms with E-state index in [0.717, 1.165) is 0 Å². The van der Waals surface area contributed by atoms with Crippen LogP contribution in [0, 0.1) is 5.82 Å². The quantitative estimate of drug-likeness (QED) is 0.896. The second-order valence-corrected chi connectivity index (χ2v) is 4.27. The lowest BCUT2D eigenvalue weighted by Gasteiger charge is -2.07. The highest BCUT2D eigenvalue weighted by Crippen LogP contribution is 2.19. The highest BCUT2D eigenvalue weighted by molar-refractivity contribution is 6.34. The maximum absolute atomic E-state index is 13.2. The first-order valence-electron chi connectivity index (χ1n) is 5.58. The number of nitrogens with two attached hydrogens (primary N) is 1. The highest BCUT2D eigenvalue weighted by atomic mass is 35.5. The number of nitrogens with one attached hydrogen (secondary N) is 1. The van der Waals surface area contributed by atoms with Crippen molar-refractivity contribution in [2.75, 3.05) is 12.3 Å². The normalized spacial score (nSPS) is 10.4. The van der Waals surface area contributed by atoms with Crippen molar-refractivity contribution >= 4 is 23.2 Å². The fourth-order valence-corrected chi connectivity index (χ4v) is 1.77. The molecule has 0 unspecified atom stereocenters. The molecule has 0 saturated carbocycles. The van der Waals surface area contributed by atoms with Crippen LogP contribution in [0.5, 0.6) is 0 Å². The Hall–Kier alpha value is -2.08. The van der Waals surface area contributed by atoms with E-state index in [1.165, 1.54) is 24.4 Å². The van der Waals surface area contributed by atoms with Gasteiger partial charge in [-0.15, -0.1) is 0 Å². The lowest BCUT2D eigenvalue weighted by Crippen LogP contribution is -2.27. The second-order valence-electron chi connectivity index (χ2n) is 3.89. The molecule has 2 aromatic rings. The number of halogens is 2. The maximum Gasteiger partial charge on any atom is 0.252 e. The van der Waals surface area contributed by atoms with Crippen molar-refractivity contribution < 1.29 is 9.18 Å². The molecule has 0 aliphatic rings. The molecule has 1 heterocycles. The number of rotatable bonds is 4. The fraction of sp³-hybridized carbons (Fsp3) is 0.167. The van der Waals surface area contributed by atoms with Crippen LogP contribution in [-0.2, 0) is 6.54 Å². The summed E-state index contributed by atoms with van der Waals surface area (Å²) >= 11 is 5.72. The monoisotopic (exact) mass is 282 g/mol. The van der Waals surface area contributed by atoms with Gasteiger partial charge in [0.1, 0.15) is 5.82 Å². The number of carbonyl (C=O) groups is 1. The van der Waals surface area contributed by atoms with Gasteiger partial charge in [0.05, 0.1) is 29.0 Å². The zero-order valence-electron chi connectivity index (χ0n) is 9.94. The Balaban J connectivity index is 1.93. The number of aromatic nitrogens is 2. The molecule has 0 aliphatic carbocycles. The standard InChI is InChI=1S/C12H12ClFN4O/c13-11-9(2-1-3-10(11)14)12(19)16-4-5-18-7-8(15)6-17-18/h1-3,6-7H,4-5,15H2,(H,16,19). The number of hydrogen-bond donors (Lipinski definition) is 2. The number of hydrogen-bond acceptors (Lipinski definition) is 3. The van der Waals surface area contributed by atoms with E-state index < -0.39 is 11.7 Å². The Kier molecular flexibility index (Phi) is 4.01. The molecule has 0 atom stereocenters. The molecule has 0 saturated heterocycles. The van der Waals surface area contributed by atoms with Gasteiger partial charge in [0.25, 0.3) is 5.91 Å². The molecule has 2 rings (SSSR count). The van der Waals surface area contributed by atoms with E-state index >= 15 is 0 Å². The summed E-state index contributed by atoms with van der Waals surface area (Å²) in [7, 11) is 0. The molecule has 1 aromatic heterocycles. The molecule has 0 bridgehead atoms. The fourth-order valence-electron chi connectivity index (χ4n) is 1.56. The van der Waals surface area contributed by atoms with Crippen molar-refractivity contribution in [2.45, 2.75) is 6.54 Å². The number of anilines is 1. The van der Waals surface area contributed by atoms with Gasteiger partial charge in [-0.25, -0.2) is 4.39 Å².